The second-order valence-corrected chi connectivity index (χ2v) is 4.84. The third kappa shape index (κ3) is 3.67. The third-order valence-corrected chi connectivity index (χ3v) is 3.09. The van der Waals surface area contributed by atoms with Gasteiger partial charge in [-0.15, -0.1) is 0 Å². The minimum absolute atomic E-state index is 0.526. The summed E-state index contributed by atoms with van der Waals surface area (Å²) in [6.07, 6.45) is 3.71. The van der Waals surface area contributed by atoms with Crippen molar-refractivity contribution >= 4 is 0 Å². The van der Waals surface area contributed by atoms with Crippen LogP contribution in [0.5, 0.6) is 0 Å². The fraction of sp³-hybridized carbons (Fsp3) is 0.312. The van der Waals surface area contributed by atoms with Crippen molar-refractivity contribution in [2.45, 2.75) is 33.0 Å². The Morgan fingerprint density at radius 2 is 1.44 bits per heavy atom. The lowest BCUT2D eigenvalue weighted by molar-refractivity contribution is 0.203. The van der Waals surface area contributed by atoms with Gasteiger partial charge in [-0.3, -0.25) is 9.88 Å². The van der Waals surface area contributed by atoms with Gasteiger partial charge in [-0.05, 0) is 37.1 Å². The molecule has 2 aromatic rings. The molecule has 2 heteroatoms. The minimum Gasteiger partial charge on any atom is -0.292 e. The first-order chi connectivity index (χ1) is 8.75. The second-order valence-electron chi connectivity index (χ2n) is 4.84. The first kappa shape index (κ1) is 12.8. The van der Waals surface area contributed by atoms with Crippen LogP contribution in [0.3, 0.4) is 0 Å². The number of aromatic nitrogens is 1. The zero-order valence-electron chi connectivity index (χ0n) is 11.1. The lowest BCUT2D eigenvalue weighted by atomic mass is 10.1. The van der Waals surface area contributed by atoms with Crippen LogP contribution < -0.4 is 0 Å². The molecule has 0 N–H and O–H groups in total. The quantitative estimate of drug-likeness (QED) is 0.795. The highest BCUT2D eigenvalue weighted by Gasteiger charge is 2.10. The van der Waals surface area contributed by atoms with Gasteiger partial charge in [-0.25, -0.2) is 0 Å². The van der Waals surface area contributed by atoms with Crippen molar-refractivity contribution in [1.82, 2.24) is 9.88 Å². The predicted octanol–water partition coefficient (Wildman–Crippen LogP) is 3.49. The molecule has 1 aromatic heterocycles. The Balaban J connectivity index is 2.05. The van der Waals surface area contributed by atoms with Crippen LogP contribution in [0.2, 0.25) is 0 Å². The van der Waals surface area contributed by atoms with Crippen LogP contribution in [0.1, 0.15) is 25.0 Å². The SMILES string of the molecule is CC(C)N(Cc1ccccc1)Cc1ccncc1. The van der Waals surface area contributed by atoms with Crippen molar-refractivity contribution < 1.29 is 0 Å². The van der Waals surface area contributed by atoms with Gasteiger partial charge in [-0.1, -0.05) is 30.3 Å². The highest BCUT2D eigenvalue weighted by atomic mass is 15.1. The van der Waals surface area contributed by atoms with Gasteiger partial charge >= 0.3 is 0 Å². The highest BCUT2D eigenvalue weighted by Crippen LogP contribution is 2.12. The molecule has 0 bridgehead atoms. The maximum Gasteiger partial charge on any atom is 0.0271 e. The standard InChI is InChI=1S/C16H20N2/c1-14(2)18(12-15-6-4-3-5-7-15)13-16-8-10-17-11-9-16/h3-11,14H,12-13H2,1-2H3. The van der Waals surface area contributed by atoms with Crippen LogP contribution in [0.15, 0.2) is 54.9 Å². The molecule has 0 spiro atoms. The summed E-state index contributed by atoms with van der Waals surface area (Å²) in [4.78, 5) is 6.53. The lowest BCUT2D eigenvalue weighted by Gasteiger charge is -2.26. The molecule has 94 valence electrons. The molecule has 0 aliphatic rings. The number of nitrogens with zero attached hydrogens (tertiary/aromatic N) is 2. The van der Waals surface area contributed by atoms with E-state index in [1.54, 1.807) is 0 Å². The topological polar surface area (TPSA) is 16.1 Å². The Morgan fingerprint density at radius 1 is 0.889 bits per heavy atom. The molecule has 0 amide bonds. The van der Waals surface area contributed by atoms with E-state index in [0.29, 0.717) is 6.04 Å². The van der Waals surface area contributed by atoms with Gasteiger partial charge in [-0.2, -0.15) is 0 Å². The molecular formula is C16H20N2. The summed E-state index contributed by atoms with van der Waals surface area (Å²) in [5.74, 6) is 0. The summed E-state index contributed by atoms with van der Waals surface area (Å²) >= 11 is 0. The molecule has 0 saturated heterocycles. The van der Waals surface area contributed by atoms with Gasteiger partial charge < -0.3 is 0 Å². The van der Waals surface area contributed by atoms with E-state index >= 15 is 0 Å². The van der Waals surface area contributed by atoms with Gasteiger partial charge in [0.15, 0.2) is 0 Å². The van der Waals surface area contributed by atoms with Crippen LogP contribution in [0.25, 0.3) is 0 Å². The molecular weight excluding hydrogens is 220 g/mol. The second kappa shape index (κ2) is 6.31. The van der Waals surface area contributed by atoms with Crippen LogP contribution in [0, 0.1) is 0 Å². The average Bonchev–Trinajstić information content (AvgIpc) is 2.40. The van der Waals surface area contributed by atoms with E-state index in [9.17, 15) is 0 Å². The Labute approximate surface area is 109 Å². The van der Waals surface area contributed by atoms with Crippen molar-refractivity contribution in [3.8, 4) is 0 Å². The number of hydrogen-bond acceptors (Lipinski definition) is 2. The molecule has 0 aliphatic heterocycles. The highest BCUT2D eigenvalue weighted by molar-refractivity contribution is 5.15. The van der Waals surface area contributed by atoms with E-state index in [4.69, 9.17) is 0 Å². The zero-order chi connectivity index (χ0) is 12.8. The summed E-state index contributed by atoms with van der Waals surface area (Å²) in [6.45, 7) is 6.43. The van der Waals surface area contributed by atoms with Crippen LogP contribution in [-0.4, -0.2) is 15.9 Å². The molecule has 0 radical (unpaired) electrons. The number of pyridine rings is 1. The van der Waals surface area contributed by atoms with Crippen molar-refractivity contribution in [1.29, 1.82) is 0 Å². The molecule has 0 fully saturated rings. The lowest BCUT2D eigenvalue weighted by Crippen LogP contribution is -2.29. The summed E-state index contributed by atoms with van der Waals surface area (Å²) in [5.41, 5.74) is 2.68. The summed E-state index contributed by atoms with van der Waals surface area (Å²) in [5, 5.41) is 0. The van der Waals surface area contributed by atoms with Crippen molar-refractivity contribution in [3.05, 3.63) is 66.0 Å². The molecule has 2 rings (SSSR count). The van der Waals surface area contributed by atoms with Crippen molar-refractivity contribution in [2.24, 2.45) is 0 Å². The molecule has 1 heterocycles. The minimum atomic E-state index is 0.526. The molecule has 2 nitrogen and oxygen atoms in total. The maximum atomic E-state index is 4.06. The van der Waals surface area contributed by atoms with E-state index in [2.05, 4.69) is 66.2 Å². The Morgan fingerprint density at radius 3 is 2.00 bits per heavy atom. The fourth-order valence-corrected chi connectivity index (χ4v) is 1.96. The van der Waals surface area contributed by atoms with Gasteiger partial charge in [0, 0.05) is 31.5 Å². The average molecular weight is 240 g/mol. The van der Waals surface area contributed by atoms with Crippen molar-refractivity contribution in [3.63, 3.8) is 0 Å². The van der Waals surface area contributed by atoms with Gasteiger partial charge in [0.05, 0.1) is 0 Å². The molecule has 0 aliphatic carbocycles. The number of hydrogen-bond donors (Lipinski definition) is 0. The van der Waals surface area contributed by atoms with Crippen LogP contribution >= 0.6 is 0 Å². The Hall–Kier alpha value is -1.67. The van der Waals surface area contributed by atoms with E-state index in [1.165, 1.54) is 11.1 Å². The third-order valence-electron chi connectivity index (χ3n) is 3.09. The van der Waals surface area contributed by atoms with Crippen LogP contribution in [-0.2, 0) is 13.1 Å². The van der Waals surface area contributed by atoms with E-state index in [1.807, 2.05) is 12.4 Å². The first-order valence-electron chi connectivity index (χ1n) is 6.42. The smallest absolute Gasteiger partial charge is 0.0271 e. The number of rotatable bonds is 5. The van der Waals surface area contributed by atoms with Gasteiger partial charge in [0.1, 0.15) is 0 Å². The zero-order valence-corrected chi connectivity index (χ0v) is 11.1. The fourth-order valence-electron chi connectivity index (χ4n) is 1.96. The van der Waals surface area contributed by atoms with E-state index in [-0.39, 0.29) is 0 Å². The molecule has 0 unspecified atom stereocenters. The van der Waals surface area contributed by atoms with Crippen LogP contribution in [0.4, 0.5) is 0 Å². The Bertz CT molecular complexity index is 410. The summed E-state index contributed by atoms with van der Waals surface area (Å²) < 4.78 is 0. The molecule has 0 atom stereocenters. The normalized spacial score (nSPS) is 11.1. The van der Waals surface area contributed by atoms with E-state index in [0.717, 1.165) is 13.1 Å². The Kier molecular flexibility index (Phi) is 4.48. The van der Waals surface area contributed by atoms with E-state index < -0.39 is 0 Å². The molecule has 1 aromatic carbocycles. The van der Waals surface area contributed by atoms with Crippen molar-refractivity contribution in [2.75, 3.05) is 0 Å². The molecule has 0 saturated carbocycles. The maximum absolute atomic E-state index is 4.06. The van der Waals surface area contributed by atoms with Gasteiger partial charge in [0.2, 0.25) is 0 Å². The number of benzene rings is 1. The first-order valence-corrected chi connectivity index (χ1v) is 6.42. The largest absolute Gasteiger partial charge is 0.292 e. The predicted molar refractivity (Wildman–Crippen MR) is 75.1 cm³/mol. The molecule has 18 heavy (non-hydrogen) atoms. The summed E-state index contributed by atoms with van der Waals surface area (Å²) in [6, 6.07) is 15.3. The summed E-state index contributed by atoms with van der Waals surface area (Å²) in [7, 11) is 0. The van der Waals surface area contributed by atoms with Gasteiger partial charge in [0.25, 0.3) is 0 Å². The monoisotopic (exact) mass is 240 g/mol.